The molecule has 9 heteroatoms. The highest BCUT2D eigenvalue weighted by atomic mass is 19.2. The Hall–Kier alpha value is -3.75. The molecular formula is C20H16F2N2O5. The maximum absolute atomic E-state index is 14.6. The molecule has 0 aliphatic carbocycles. The minimum Gasteiger partial charge on any atom is -0.483 e. The number of ether oxygens (including phenoxy) is 1. The smallest absolute Gasteiger partial charge is 0.341 e. The van der Waals surface area contributed by atoms with Crippen molar-refractivity contribution in [2.45, 2.75) is 20.0 Å². The Morgan fingerprint density at radius 2 is 1.97 bits per heavy atom. The number of hydrogen-bond donors (Lipinski definition) is 2. The number of aromatic carboxylic acids is 1. The van der Waals surface area contributed by atoms with Crippen LogP contribution in [0.25, 0.3) is 10.9 Å². The second-order valence-electron chi connectivity index (χ2n) is 6.06. The van der Waals surface area contributed by atoms with Crippen LogP contribution in [-0.2, 0) is 17.8 Å². The fraction of sp³-hybridized carbons (Fsp3) is 0.150. The first-order chi connectivity index (χ1) is 13.9. The topological polar surface area (TPSA) is 97.6 Å². The van der Waals surface area contributed by atoms with Gasteiger partial charge in [0.15, 0.2) is 11.6 Å². The number of pyridine rings is 1. The maximum Gasteiger partial charge on any atom is 0.341 e. The van der Waals surface area contributed by atoms with Crippen LogP contribution in [0.5, 0.6) is 5.75 Å². The van der Waals surface area contributed by atoms with Crippen molar-refractivity contribution >= 4 is 23.3 Å². The molecule has 7 nitrogen and oxygen atoms in total. The van der Waals surface area contributed by atoms with E-state index in [2.05, 4.69) is 5.43 Å². The van der Waals surface area contributed by atoms with Crippen molar-refractivity contribution in [2.75, 3.05) is 5.43 Å². The van der Waals surface area contributed by atoms with Gasteiger partial charge in [-0.05, 0) is 18.1 Å². The lowest BCUT2D eigenvalue weighted by atomic mass is 10.1. The number of hydrogen-bond acceptors (Lipinski definition) is 4. The minimum absolute atomic E-state index is 0.0186. The van der Waals surface area contributed by atoms with Gasteiger partial charge in [-0.2, -0.15) is 4.39 Å². The van der Waals surface area contributed by atoms with E-state index in [1.54, 1.807) is 37.3 Å². The van der Waals surface area contributed by atoms with E-state index in [1.165, 1.54) is 0 Å². The van der Waals surface area contributed by atoms with Crippen LogP contribution in [0.2, 0.25) is 0 Å². The monoisotopic (exact) mass is 402 g/mol. The molecule has 0 spiro atoms. The van der Waals surface area contributed by atoms with Crippen molar-refractivity contribution in [3.05, 3.63) is 75.1 Å². The molecule has 3 rings (SSSR count). The number of rotatable bonds is 7. The molecule has 3 aromatic rings. The molecule has 0 aliphatic heterocycles. The summed E-state index contributed by atoms with van der Waals surface area (Å²) in [5.74, 6) is -4.90. The van der Waals surface area contributed by atoms with Gasteiger partial charge in [0.05, 0.1) is 11.1 Å². The zero-order valence-corrected chi connectivity index (χ0v) is 15.2. The normalized spacial score (nSPS) is 10.7. The van der Waals surface area contributed by atoms with E-state index in [0.29, 0.717) is 11.6 Å². The standard InChI is InChI=1S/C20H16F2N2O5/c1-2-14-15(20(27)28)18(26)12-8-13(21)16(22)19(17(12)24(14)23-10-25)29-9-11-6-4-3-5-7-11/h3-8,10H,2,9H2,1H3,(H,23,25)(H,27,28). The minimum atomic E-state index is -1.55. The van der Waals surface area contributed by atoms with Crippen molar-refractivity contribution in [1.29, 1.82) is 0 Å². The first kappa shape index (κ1) is 20.0. The Morgan fingerprint density at radius 1 is 1.28 bits per heavy atom. The molecule has 0 unspecified atom stereocenters. The van der Waals surface area contributed by atoms with E-state index in [1.807, 2.05) is 0 Å². The summed E-state index contributed by atoms with van der Waals surface area (Å²) in [4.78, 5) is 35.5. The first-order valence-corrected chi connectivity index (χ1v) is 8.60. The molecule has 0 fully saturated rings. The molecule has 0 saturated heterocycles. The number of carboxylic acid groups (broad SMARTS) is 1. The van der Waals surface area contributed by atoms with Gasteiger partial charge in [0.25, 0.3) is 0 Å². The number of aromatic nitrogens is 1. The zero-order chi connectivity index (χ0) is 21.1. The molecule has 0 radical (unpaired) electrons. The molecule has 1 amide bonds. The average Bonchev–Trinajstić information content (AvgIpc) is 2.71. The third-order valence-corrected chi connectivity index (χ3v) is 4.36. The summed E-state index contributed by atoms with van der Waals surface area (Å²) in [5.41, 5.74) is 0.897. The average molecular weight is 402 g/mol. The highest BCUT2D eigenvalue weighted by Gasteiger charge is 2.27. The molecule has 2 aromatic carbocycles. The van der Waals surface area contributed by atoms with Crippen LogP contribution in [0.15, 0.2) is 41.2 Å². The Bertz CT molecular complexity index is 1160. The predicted molar refractivity (Wildman–Crippen MR) is 101 cm³/mol. The Morgan fingerprint density at radius 3 is 2.55 bits per heavy atom. The molecule has 150 valence electrons. The highest BCUT2D eigenvalue weighted by molar-refractivity contribution is 5.96. The van der Waals surface area contributed by atoms with Crippen LogP contribution in [0.1, 0.15) is 28.5 Å². The lowest BCUT2D eigenvalue weighted by Crippen LogP contribution is -2.29. The van der Waals surface area contributed by atoms with Crippen LogP contribution in [0.4, 0.5) is 8.78 Å². The summed E-state index contributed by atoms with van der Waals surface area (Å²) in [7, 11) is 0. The summed E-state index contributed by atoms with van der Waals surface area (Å²) in [5, 5.41) is 9.01. The Labute approximate surface area is 163 Å². The van der Waals surface area contributed by atoms with E-state index in [9.17, 15) is 28.3 Å². The van der Waals surface area contributed by atoms with Crippen LogP contribution < -0.4 is 15.6 Å². The van der Waals surface area contributed by atoms with Gasteiger partial charge in [0.2, 0.25) is 17.7 Å². The van der Waals surface area contributed by atoms with Crippen LogP contribution >= 0.6 is 0 Å². The van der Waals surface area contributed by atoms with E-state index in [4.69, 9.17) is 4.74 Å². The summed E-state index contributed by atoms with van der Waals surface area (Å²) < 4.78 is 35.3. The molecule has 0 atom stereocenters. The van der Waals surface area contributed by atoms with Crippen molar-refractivity contribution in [1.82, 2.24) is 4.68 Å². The summed E-state index contributed by atoms with van der Waals surface area (Å²) in [6, 6.07) is 9.24. The molecule has 1 heterocycles. The lowest BCUT2D eigenvalue weighted by Gasteiger charge is -2.20. The van der Waals surface area contributed by atoms with Gasteiger partial charge in [-0.25, -0.2) is 9.18 Å². The fourth-order valence-electron chi connectivity index (χ4n) is 3.11. The Balaban J connectivity index is 2.36. The molecule has 0 saturated carbocycles. The number of benzene rings is 2. The Kier molecular flexibility index (Phi) is 5.58. The number of carboxylic acids is 1. The number of fused-ring (bicyclic) bond motifs is 1. The summed E-state index contributed by atoms with van der Waals surface area (Å²) >= 11 is 0. The SMILES string of the molecule is CCc1c(C(=O)O)c(=O)c2cc(F)c(F)c(OCc3ccccc3)c2n1NC=O. The second-order valence-corrected chi connectivity index (χ2v) is 6.06. The first-order valence-electron chi connectivity index (χ1n) is 8.60. The fourth-order valence-corrected chi connectivity index (χ4v) is 3.11. The van der Waals surface area contributed by atoms with Gasteiger partial charge in [-0.1, -0.05) is 37.3 Å². The maximum atomic E-state index is 14.6. The van der Waals surface area contributed by atoms with E-state index < -0.39 is 39.7 Å². The third kappa shape index (κ3) is 3.54. The van der Waals surface area contributed by atoms with E-state index in [0.717, 1.165) is 4.68 Å². The van der Waals surface area contributed by atoms with Crippen molar-refractivity contribution in [2.24, 2.45) is 0 Å². The van der Waals surface area contributed by atoms with Crippen LogP contribution in [0, 0.1) is 11.6 Å². The van der Waals surface area contributed by atoms with Gasteiger partial charge in [-0.3, -0.25) is 19.7 Å². The van der Waals surface area contributed by atoms with Gasteiger partial charge < -0.3 is 9.84 Å². The second kappa shape index (κ2) is 8.09. The number of nitrogens with zero attached hydrogens (tertiary/aromatic N) is 1. The van der Waals surface area contributed by atoms with Crippen molar-refractivity contribution in [3.8, 4) is 5.75 Å². The molecule has 29 heavy (non-hydrogen) atoms. The van der Waals surface area contributed by atoms with Crippen molar-refractivity contribution in [3.63, 3.8) is 0 Å². The zero-order valence-electron chi connectivity index (χ0n) is 15.2. The molecule has 1 aromatic heterocycles. The number of halogens is 2. The van der Waals surface area contributed by atoms with Crippen molar-refractivity contribution < 1.29 is 28.2 Å². The van der Waals surface area contributed by atoms with Gasteiger partial charge in [0.1, 0.15) is 17.7 Å². The van der Waals surface area contributed by atoms with E-state index >= 15 is 0 Å². The van der Waals surface area contributed by atoms with Gasteiger partial charge >= 0.3 is 5.97 Å². The number of carbonyl (C=O) groups is 2. The quantitative estimate of drug-likeness (QED) is 0.593. The summed E-state index contributed by atoms with van der Waals surface area (Å²) in [6.07, 6.45) is 0.252. The van der Waals surface area contributed by atoms with Crippen LogP contribution in [0.3, 0.4) is 0 Å². The largest absolute Gasteiger partial charge is 0.483 e. The molecule has 2 N–H and O–H groups in total. The number of amides is 1. The third-order valence-electron chi connectivity index (χ3n) is 4.36. The highest BCUT2D eigenvalue weighted by Crippen LogP contribution is 2.31. The molecular weight excluding hydrogens is 386 g/mol. The van der Waals surface area contributed by atoms with Gasteiger partial charge in [-0.15, -0.1) is 0 Å². The van der Waals surface area contributed by atoms with Gasteiger partial charge in [0, 0.05) is 0 Å². The van der Waals surface area contributed by atoms with E-state index in [-0.39, 0.29) is 30.6 Å². The molecule has 0 aliphatic rings. The molecule has 0 bridgehead atoms. The number of nitrogens with one attached hydrogen (secondary N) is 1. The lowest BCUT2D eigenvalue weighted by molar-refractivity contribution is -0.106. The van der Waals surface area contributed by atoms with Crippen LogP contribution in [-0.4, -0.2) is 22.2 Å². The number of carbonyl (C=O) groups excluding carboxylic acids is 1. The predicted octanol–water partition coefficient (Wildman–Crippen LogP) is 2.82. The summed E-state index contributed by atoms with van der Waals surface area (Å²) in [6.45, 7) is 1.41.